The van der Waals surface area contributed by atoms with Gasteiger partial charge >= 0.3 is 0 Å². The number of amides is 1. The van der Waals surface area contributed by atoms with Gasteiger partial charge in [-0.1, -0.05) is 46.3 Å². The van der Waals surface area contributed by atoms with Crippen LogP contribution in [-0.4, -0.2) is 19.1 Å². The van der Waals surface area contributed by atoms with Crippen LogP contribution < -0.4 is 14.4 Å². The number of carbonyl (C=O) groups excluding carboxylic acids is 1. The largest absolute Gasteiger partial charge is 0.490 e. The summed E-state index contributed by atoms with van der Waals surface area (Å²) < 4.78 is 12.7. The number of hydrogen-bond donors (Lipinski definition) is 0. The minimum absolute atomic E-state index is 0.0632. The van der Waals surface area contributed by atoms with Crippen molar-refractivity contribution < 1.29 is 14.3 Å². The van der Waals surface area contributed by atoms with Crippen LogP contribution in [-0.2, 0) is 11.2 Å². The molecule has 0 fully saturated rings. The first kappa shape index (κ1) is 20.5. The zero-order valence-corrected chi connectivity index (χ0v) is 18.7. The number of benzene rings is 3. The topological polar surface area (TPSA) is 38.8 Å². The molecule has 3 aromatic rings. The maximum atomic E-state index is 13.3. The Morgan fingerprint density at radius 1 is 0.933 bits per heavy atom. The van der Waals surface area contributed by atoms with Crippen LogP contribution in [0, 0.1) is 0 Å². The summed E-state index contributed by atoms with van der Waals surface area (Å²) in [7, 11) is 0. The van der Waals surface area contributed by atoms with Gasteiger partial charge in [-0.25, -0.2) is 0 Å². The minimum atomic E-state index is -0.244. The van der Waals surface area contributed by atoms with Crippen molar-refractivity contribution in [3.63, 3.8) is 0 Å². The third kappa shape index (κ3) is 3.94. The second kappa shape index (κ2) is 8.92. The van der Waals surface area contributed by atoms with E-state index in [9.17, 15) is 4.79 Å². The molecule has 1 aliphatic heterocycles. The van der Waals surface area contributed by atoms with E-state index in [0.29, 0.717) is 31.1 Å². The van der Waals surface area contributed by atoms with Crippen molar-refractivity contribution in [1.82, 2.24) is 0 Å². The maximum absolute atomic E-state index is 13.3. The summed E-state index contributed by atoms with van der Waals surface area (Å²) in [4.78, 5) is 15.2. The Kier molecular flexibility index (Phi) is 6.09. The fraction of sp³-hybridized carbons (Fsp3) is 0.240. The van der Waals surface area contributed by atoms with E-state index in [1.165, 1.54) is 0 Å². The van der Waals surface area contributed by atoms with E-state index in [0.717, 1.165) is 26.9 Å². The lowest BCUT2D eigenvalue weighted by molar-refractivity contribution is -0.118. The molecule has 4 nitrogen and oxygen atoms in total. The molecular weight excluding hydrogens is 442 g/mol. The lowest BCUT2D eigenvalue weighted by Crippen LogP contribution is -2.41. The number of para-hydroxylation sites is 1. The molecule has 3 aromatic carbocycles. The van der Waals surface area contributed by atoms with Crippen LogP contribution >= 0.6 is 15.9 Å². The average molecular weight is 466 g/mol. The molecule has 0 N–H and O–H groups in total. The Morgan fingerprint density at radius 3 is 2.20 bits per heavy atom. The van der Waals surface area contributed by atoms with E-state index in [1.54, 1.807) is 0 Å². The van der Waals surface area contributed by atoms with Gasteiger partial charge in [0.15, 0.2) is 11.5 Å². The smallest absolute Gasteiger partial charge is 0.232 e. The van der Waals surface area contributed by atoms with Gasteiger partial charge in [-0.05, 0) is 66.9 Å². The quantitative estimate of drug-likeness (QED) is 0.453. The fourth-order valence-corrected chi connectivity index (χ4v) is 4.21. The molecule has 0 radical (unpaired) electrons. The van der Waals surface area contributed by atoms with Gasteiger partial charge < -0.3 is 14.4 Å². The monoisotopic (exact) mass is 465 g/mol. The Labute approximate surface area is 185 Å². The van der Waals surface area contributed by atoms with E-state index < -0.39 is 0 Å². The standard InChI is InChI=1S/C25H24BrNO3/c1-3-29-22-14-18-15-24(28)27(20-8-6-5-7-9-20)25(17-10-12-19(26)13-11-17)21(18)16-23(22)30-4-2/h5-14,16,25H,3-4,15H2,1-2H3. The number of nitrogens with zero attached hydrogens (tertiary/aromatic N) is 1. The number of rotatable bonds is 6. The molecule has 0 aromatic heterocycles. The van der Waals surface area contributed by atoms with Crippen LogP contribution in [0.15, 0.2) is 71.2 Å². The first-order valence-electron chi connectivity index (χ1n) is 10.2. The molecule has 1 atom stereocenters. The first-order chi connectivity index (χ1) is 14.6. The molecule has 0 aliphatic carbocycles. The highest BCUT2D eigenvalue weighted by Crippen LogP contribution is 2.43. The molecular formula is C25H24BrNO3. The van der Waals surface area contributed by atoms with Crippen molar-refractivity contribution in [3.05, 3.63) is 87.9 Å². The van der Waals surface area contributed by atoms with Crippen LogP contribution in [0.2, 0.25) is 0 Å². The van der Waals surface area contributed by atoms with Gasteiger partial charge in [0.25, 0.3) is 0 Å². The molecule has 0 saturated carbocycles. The molecule has 30 heavy (non-hydrogen) atoms. The average Bonchev–Trinajstić information content (AvgIpc) is 2.75. The highest BCUT2D eigenvalue weighted by molar-refractivity contribution is 9.10. The Bertz CT molecular complexity index is 1030. The summed E-state index contributed by atoms with van der Waals surface area (Å²) in [6, 6.07) is 21.7. The van der Waals surface area contributed by atoms with Crippen molar-refractivity contribution >= 4 is 27.5 Å². The van der Waals surface area contributed by atoms with E-state index in [-0.39, 0.29) is 11.9 Å². The predicted octanol–water partition coefficient (Wildman–Crippen LogP) is 5.93. The van der Waals surface area contributed by atoms with Gasteiger partial charge in [0.2, 0.25) is 5.91 Å². The summed E-state index contributed by atoms with van der Waals surface area (Å²) in [6.45, 7) is 4.99. The number of halogens is 1. The normalized spacial score (nSPS) is 15.6. The molecule has 4 rings (SSSR count). The van der Waals surface area contributed by atoms with Gasteiger partial charge in [-0.3, -0.25) is 4.79 Å². The SMILES string of the molecule is CCOc1cc2c(cc1OCC)C(c1ccc(Br)cc1)N(c1ccccc1)C(=O)C2. The minimum Gasteiger partial charge on any atom is -0.490 e. The molecule has 1 heterocycles. The molecule has 1 amide bonds. The number of ether oxygens (including phenoxy) is 2. The van der Waals surface area contributed by atoms with Crippen molar-refractivity contribution in [2.24, 2.45) is 0 Å². The lowest BCUT2D eigenvalue weighted by atomic mass is 9.87. The Hall–Kier alpha value is -2.79. The van der Waals surface area contributed by atoms with Crippen LogP contribution in [0.4, 0.5) is 5.69 Å². The van der Waals surface area contributed by atoms with Crippen molar-refractivity contribution in [2.75, 3.05) is 18.1 Å². The molecule has 1 aliphatic rings. The molecule has 5 heteroatoms. The van der Waals surface area contributed by atoms with Crippen LogP contribution in [0.25, 0.3) is 0 Å². The van der Waals surface area contributed by atoms with Gasteiger partial charge in [0.1, 0.15) is 0 Å². The Morgan fingerprint density at radius 2 is 1.57 bits per heavy atom. The third-order valence-corrected chi connectivity index (χ3v) is 5.72. The summed E-state index contributed by atoms with van der Waals surface area (Å²) in [6.07, 6.45) is 0.323. The summed E-state index contributed by atoms with van der Waals surface area (Å²) in [5.74, 6) is 1.46. The second-order valence-electron chi connectivity index (χ2n) is 7.09. The van der Waals surface area contributed by atoms with Crippen molar-refractivity contribution in [2.45, 2.75) is 26.3 Å². The summed E-state index contributed by atoms with van der Waals surface area (Å²) in [5.41, 5.74) is 3.97. The fourth-order valence-electron chi connectivity index (χ4n) is 3.95. The summed E-state index contributed by atoms with van der Waals surface area (Å²) in [5, 5.41) is 0. The van der Waals surface area contributed by atoms with Crippen LogP contribution in [0.5, 0.6) is 11.5 Å². The summed E-state index contributed by atoms with van der Waals surface area (Å²) >= 11 is 3.51. The van der Waals surface area contributed by atoms with Crippen molar-refractivity contribution in [3.8, 4) is 11.5 Å². The van der Waals surface area contributed by atoms with Gasteiger partial charge in [0.05, 0.1) is 25.7 Å². The van der Waals surface area contributed by atoms with E-state index in [2.05, 4.69) is 28.1 Å². The molecule has 0 spiro atoms. The second-order valence-corrected chi connectivity index (χ2v) is 8.01. The molecule has 0 saturated heterocycles. The third-order valence-electron chi connectivity index (χ3n) is 5.19. The zero-order chi connectivity index (χ0) is 21.1. The highest BCUT2D eigenvalue weighted by Gasteiger charge is 2.35. The van der Waals surface area contributed by atoms with Crippen LogP contribution in [0.1, 0.15) is 36.6 Å². The van der Waals surface area contributed by atoms with Gasteiger partial charge in [0, 0.05) is 10.2 Å². The molecule has 0 bridgehead atoms. The van der Waals surface area contributed by atoms with Crippen molar-refractivity contribution in [1.29, 1.82) is 0 Å². The number of hydrogen-bond acceptors (Lipinski definition) is 3. The maximum Gasteiger partial charge on any atom is 0.232 e. The number of fused-ring (bicyclic) bond motifs is 1. The number of carbonyl (C=O) groups is 1. The first-order valence-corrected chi connectivity index (χ1v) is 11.0. The van der Waals surface area contributed by atoms with E-state index >= 15 is 0 Å². The molecule has 154 valence electrons. The van der Waals surface area contributed by atoms with E-state index in [4.69, 9.17) is 9.47 Å². The Balaban J connectivity index is 1.92. The molecule has 1 unspecified atom stereocenters. The van der Waals surface area contributed by atoms with E-state index in [1.807, 2.05) is 73.3 Å². The van der Waals surface area contributed by atoms with Crippen LogP contribution in [0.3, 0.4) is 0 Å². The number of anilines is 1. The van der Waals surface area contributed by atoms with Gasteiger partial charge in [-0.15, -0.1) is 0 Å². The van der Waals surface area contributed by atoms with Gasteiger partial charge in [-0.2, -0.15) is 0 Å². The predicted molar refractivity (Wildman–Crippen MR) is 122 cm³/mol. The zero-order valence-electron chi connectivity index (χ0n) is 17.1. The lowest BCUT2D eigenvalue weighted by Gasteiger charge is -2.38. The highest BCUT2D eigenvalue weighted by atomic mass is 79.9.